The first-order chi connectivity index (χ1) is 7.30. The maximum absolute atomic E-state index is 11.8. The zero-order chi connectivity index (χ0) is 12.8. The molecule has 4 nitrogen and oxygen atoms in total. The van der Waals surface area contributed by atoms with E-state index in [1.54, 1.807) is 7.11 Å². The summed E-state index contributed by atoms with van der Waals surface area (Å²) in [4.78, 5) is 11.8. The van der Waals surface area contributed by atoms with E-state index < -0.39 is 0 Å². The molecule has 96 valence electrons. The van der Waals surface area contributed by atoms with Gasteiger partial charge in [0, 0.05) is 18.7 Å². The van der Waals surface area contributed by atoms with E-state index in [9.17, 15) is 4.79 Å². The maximum atomic E-state index is 11.8. The van der Waals surface area contributed by atoms with Crippen molar-refractivity contribution >= 4 is 5.91 Å². The van der Waals surface area contributed by atoms with E-state index in [0.717, 1.165) is 6.42 Å². The van der Waals surface area contributed by atoms with Gasteiger partial charge >= 0.3 is 0 Å². The smallest absolute Gasteiger partial charge is 0.237 e. The summed E-state index contributed by atoms with van der Waals surface area (Å²) in [5.41, 5.74) is -0.185. The van der Waals surface area contributed by atoms with Crippen LogP contribution in [-0.2, 0) is 9.53 Å². The number of nitrogens with one attached hydrogen (secondary N) is 2. The predicted octanol–water partition coefficient (Wildman–Crippen LogP) is 1.30. The van der Waals surface area contributed by atoms with Crippen LogP contribution in [0.5, 0.6) is 0 Å². The van der Waals surface area contributed by atoms with Gasteiger partial charge in [-0.1, -0.05) is 6.92 Å². The average molecular weight is 230 g/mol. The molecule has 0 radical (unpaired) electrons. The number of methoxy groups -OCH3 is 1. The SMILES string of the molecule is CCC(COC)NC(C)C(=O)NC(C)(C)C. The Morgan fingerprint density at radius 3 is 2.31 bits per heavy atom. The van der Waals surface area contributed by atoms with Crippen LogP contribution in [0.1, 0.15) is 41.0 Å². The Bertz CT molecular complexity index is 212. The molecule has 16 heavy (non-hydrogen) atoms. The van der Waals surface area contributed by atoms with Gasteiger partial charge in [0.05, 0.1) is 12.6 Å². The number of carbonyl (C=O) groups excluding carboxylic acids is 1. The molecule has 2 unspecified atom stereocenters. The van der Waals surface area contributed by atoms with E-state index in [0.29, 0.717) is 6.61 Å². The van der Waals surface area contributed by atoms with E-state index in [4.69, 9.17) is 4.74 Å². The second-order valence-corrected chi connectivity index (χ2v) is 5.19. The third-order valence-electron chi connectivity index (χ3n) is 2.24. The minimum atomic E-state index is -0.195. The molecule has 0 saturated carbocycles. The summed E-state index contributed by atoms with van der Waals surface area (Å²) in [5.74, 6) is 0.0297. The lowest BCUT2D eigenvalue weighted by atomic mass is 10.1. The van der Waals surface area contributed by atoms with Crippen molar-refractivity contribution in [3.8, 4) is 0 Å². The average Bonchev–Trinajstić information content (AvgIpc) is 2.14. The van der Waals surface area contributed by atoms with E-state index >= 15 is 0 Å². The number of amides is 1. The molecule has 4 heteroatoms. The monoisotopic (exact) mass is 230 g/mol. The molecule has 0 bridgehead atoms. The third-order valence-corrected chi connectivity index (χ3v) is 2.24. The molecule has 0 aliphatic carbocycles. The van der Waals surface area contributed by atoms with Crippen LogP contribution in [0.2, 0.25) is 0 Å². The van der Waals surface area contributed by atoms with Gasteiger partial charge in [-0.2, -0.15) is 0 Å². The lowest BCUT2D eigenvalue weighted by Crippen LogP contribution is -2.52. The fourth-order valence-corrected chi connectivity index (χ4v) is 1.39. The first kappa shape index (κ1) is 15.4. The molecular weight excluding hydrogens is 204 g/mol. The van der Waals surface area contributed by atoms with Crippen molar-refractivity contribution in [3.63, 3.8) is 0 Å². The van der Waals surface area contributed by atoms with Crippen LogP contribution in [-0.4, -0.2) is 37.2 Å². The van der Waals surface area contributed by atoms with Crippen LogP contribution in [0.15, 0.2) is 0 Å². The summed E-state index contributed by atoms with van der Waals surface area (Å²) in [6.07, 6.45) is 0.945. The normalized spacial score (nSPS) is 15.6. The number of hydrogen-bond donors (Lipinski definition) is 2. The van der Waals surface area contributed by atoms with Crippen molar-refractivity contribution in [1.29, 1.82) is 0 Å². The van der Waals surface area contributed by atoms with Gasteiger partial charge in [-0.05, 0) is 34.1 Å². The number of carbonyl (C=O) groups is 1. The Morgan fingerprint density at radius 2 is 1.94 bits per heavy atom. The number of hydrogen-bond acceptors (Lipinski definition) is 3. The van der Waals surface area contributed by atoms with Crippen LogP contribution in [0.25, 0.3) is 0 Å². The van der Waals surface area contributed by atoms with E-state index in [1.165, 1.54) is 0 Å². The molecule has 0 saturated heterocycles. The quantitative estimate of drug-likeness (QED) is 0.723. The van der Waals surface area contributed by atoms with E-state index in [-0.39, 0.29) is 23.5 Å². The Kier molecular flexibility index (Phi) is 6.60. The summed E-state index contributed by atoms with van der Waals surface area (Å²) in [5, 5.41) is 6.20. The van der Waals surface area contributed by atoms with Crippen LogP contribution in [0, 0.1) is 0 Å². The molecular formula is C12H26N2O2. The van der Waals surface area contributed by atoms with Crippen LogP contribution in [0.3, 0.4) is 0 Å². The third kappa shape index (κ3) is 6.80. The molecule has 0 fully saturated rings. The van der Waals surface area contributed by atoms with Gasteiger partial charge in [-0.15, -0.1) is 0 Å². The number of rotatable bonds is 6. The van der Waals surface area contributed by atoms with Crippen LogP contribution >= 0.6 is 0 Å². The Labute approximate surface area is 99.1 Å². The first-order valence-corrected chi connectivity index (χ1v) is 5.87. The molecule has 0 aliphatic heterocycles. The Balaban J connectivity index is 4.13. The number of ether oxygens (including phenoxy) is 1. The lowest BCUT2D eigenvalue weighted by Gasteiger charge is -2.26. The molecule has 0 heterocycles. The first-order valence-electron chi connectivity index (χ1n) is 5.87. The van der Waals surface area contributed by atoms with Crippen molar-refractivity contribution in [2.75, 3.05) is 13.7 Å². The molecule has 0 spiro atoms. The summed E-state index contributed by atoms with van der Waals surface area (Å²) < 4.78 is 5.08. The second-order valence-electron chi connectivity index (χ2n) is 5.19. The minimum absolute atomic E-state index is 0.0297. The van der Waals surface area contributed by atoms with Crippen molar-refractivity contribution in [3.05, 3.63) is 0 Å². The molecule has 0 aromatic heterocycles. The topological polar surface area (TPSA) is 50.4 Å². The molecule has 2 atom stereocenters. The largest absolute Gasteiger partial charge is 0.383 e. The summed E-state index contributed by atoms with van der Waals surface area (Å²) in [6.45, 7) is 10.5. The van der Waals surface area contributed by atoms with Crippen molar-refractivity contribution in [2.45, 2.75) is 58.7 Å². The lowest BCUT2D eigenvalue weighted by molar-refractivity contribution is -0.124. The van der Waals surface area contributed by atoms with Crippen molar-refractivity contribution in [1.82, 2.24) is 10.6 Å². The zero-order valence-electron chi connectivity index (χ0n) is 11.4. The van der Waals surface area contributed by atoms with Gasteiger partial charge in [-0.25, -0.2) is 0 Å². The molecule has 2 N–H and O–H groups in total. The molecule has 0 aliphatic rings. The van der Waals surface area contributed by atoms with Gasteiger partial charge in [0.25, 0.3) is 0 Å². The fraction of sp³-hybridized carbons (Fsp3) is 0.917. The van der Waals surface area contributed by atoms with E-state index in [2.05, 4.69) is 17.6 Å². The second kappa shape index (κ2) is 6.86. The predicted molar refractivity (Wildman–Crippen MR) is 66.4 cm³/mol. The highest BCUT2D eigenvalue weighted by molar-refractivity contribution is 5.81. The van der Waals surface area contributed by atoms with Crippen LogP contribution in [0.4, 0.5) is 0 Å². The summed E-state index contributed by atoms with van der Waals surface area (Å²) in [7, 11) is 1.67. The fourth-order valence-electron chi connectivity index (χ4n) is 1.39. The van der Waals surface area contributed by atoms with Crippen LogP contribution < -0.4 is 10.6 Å². The summed E-state index contributed by atoms with van der Waals surface area (Å²) in [6, 6.07) is 0.0324. The van der Waals surface area contributed by atoms with Gasteiger partial charge in [0.1, 0.15) is 0 Å². The zero-order valence-corrected chi connectivity index (χ0v) is 11.4. The van der Waals surface area contributed by atoms with Gasteiger partial charge in [0.15, 0.2) is 0 Å². The van der Waals surface area contributed by atoms with E-state index in [1.807, 2.05) is 27.7 Å². The van der Waals surface area contributed by atoms with Gasteiger partial charge in [-0.3, -0.25) is 4.79 Å². The highest BCUT2D eigenvalue weighted by atomic mass is 16.5. The van der Waals surface area contributed by atoms with Crippen molar-refractivity contribution < 1.29 is 9.53 Å². The molecule has 0 aromatic rings. The van der Waals surface area contributed by atoms with Gasteiger partial charge < -0.3 is 15.4 Å². The van der Waals surface area contributed by atoms with Gasteiger partial charge in [0.2, 0.25) is 5.91 Å². The standard InChI is InChI=1S/C12H26N2O2/c1-7-10(8-16-6)13-9(2)11(15)14-12(3,4)5/h9-10,13H,7-8H2,1-6H3,(H,14,15). The Morgan fingerprint density at radius 1 is 1.38 bits per heavy atom. The van der Waals surface area contributed by atoms with Crippen molar-refractivity contribution in [2.24, 2.45) is 0 Å². The molecule has 1 amide bonds. The molecule has 0 aromatic carbocycles. The minimum Gasteiger partial charge on any atom is -0.383 e. The maximum Gasteiger partial charge on any atom is 0.237 e. The highest BCUT2D eigenvalue weighted by Crippen LogP contribution is 2.01. The summed E-state index contributed by atoms with van der Waals surface area (Å²) >= 11 is 0. The Hall–Kier alpha value is -0.610. The molecule has 0 rings (SSSR count). The highest BCUT2D eigenvalue weighted by Gasteiger charge is 2.20.